The molecule has 0 saturated carbocycles. The first-order chi connectivity index (χ1) is 15.3. The van der Waals surface area contributed by atoms with Gasteiger partial charge in [-0.1, -0.05) is 29.8 Å². The summed E-state index contributed by atoms with van der Waals surface area (Å²) >= 11 is 0. The third-order valence-electron chi connectivity index (χ3n) is 6.10. The lowest BCUT2D eigenvalue weighted by molar-refractivity contribution is -0.189. The molecule has 0 N–H and O–H groups in total. The minimum Gasteiger partial charge on any atom is -0.497 e. The molecule has 0 amide bonds. The van der Waals surface area contributed by atoms with Crippen molar-refractivity contribution >= 4 is 17.7 Å². The van der Waals surface area contributed by atoms with Crippen LogP contribution in [0.4, 0.5) is 0 Å². The first-order valence-electron chi connectivity index (χ1n) is 10.4. The van der Waals surface area contributed by atoms with E-state index in [4.69, 9.17) is 18.9 Å². The highest BCUT2D eigenvalue weighted by molar-refractivity contribution is 6.02. The van der Waals surface area contributed by atoms with Gasteiger partial charge in [0.2, 0.25) is 0 Å². The monoisotopic (exact) mass is 440 g/mol. The van der Waals surface area contributed by atoms with Gasteiger partial charge in [-0.3, -0.25) is 14.4 Å². The molecule has 32 heavy (non-hydrogen) atoms. The zero-order chi connectivity index (χ0) is 23.3. The van der Waals surface area contributed by atoms with Crippen LogP contribution in [-0.2, 0) is 23.8 Å². The molecule has 1 saturated heterocycles. The molecule has 1 fully saturated rings. The van der Waals surface area contributed by atoms with Gasteiger partial charge in [-0.05, 0) is 36.8 Å². The summed E-state index contributed by atoms with van der Waals surface area (Å²) in [6.07, 6.45) is -0.561. The van der Waals surface area contributed by atoms with E-state index in [0.717, 1.165) is 11.1 Å². The van der Waals surface area contributed by atoms with Crippen molar-refractivity contribution in [2.75, 3.05) is 27.9 Å². The van der Waals surface area contributed by atoms with E-state index in [1.54, 1.807) is 31.4 Å². The number of hydrogen-bond donors (Lipinski definition) is 0. The minimum absolute atomic E-state index is 0.0238. The van der Waals surface area contributed by atoms with Crippen LogP contribution in [0.25, 0.3) is 0 Å². The van der Waals surface area contributed by atoms with Crippen LogP contribution in [-0.4, -0.2) is 45.7 Å². The Bertz CT molecular complexity index is 947. The normalized spacial score (nSPS) is 19.6. The van der Waals surface area contributed by atoms with E-state index < -0.39 is 29.4 Å². The summed E-state index contributed by atoms with van der Waals surface area (Å²) in [6.45, 7) is 2.00. The van der Waals surface area contributed by atoms with E-state index >= 15 is 0 Å². The van der Waals surface area contributed by atoms with Crippen molar-refractivity contribution in [3.05, 3.63) is 65.2 Å². The number of hydrogen-bond acceptors (Lipinski definition) is 7. The molecule has 0 bridgehead atoms. The Labute approximate surface area is 187 Å². The number of methoxy groups -OCH3 is 3. The third-order valence-corrected chi connectivity index (χ3v) is 6.10. The summed E-state index contributed by atoms with van der Waals surface area (Å²) in [6, 6.07) is 14.4. The summed E-state index contributed by atoms with van der Waals surface area (Å²) in [5.41, 5.74) is 0.724. The highest BCUT2D eigenvalue weighted by atomic mass is 16.5. The molecule has 1 aliphatic rings. The zero-order valence-corrected chi connectivity index (χ0v) is 18.8. The number of Topliss-reactive ketones (excluding diaryl/α,β-unsaturated/α-hetero) is 1. The van der Waals surface area contributed by atoms with Gasteiger partial charge in [0, 0.05) is 24.3 Å². The number of esters is 2. The minimum atomic E-state index is -1.65. The first kappa shape index (κ1) is 23.5. The molecule has 0 spiro atoms. The molecule has 2 aromatic rings. The van der Waals surface area contributed by atoms with Crippen LogP contribution < -0.4 is 4.74 Å². The third kappa shape index (κ3) is 4.53. The molecule has 7 nitrogen and oxygen atoms in total. The standard InChI is InChI=1S/C25H28O7/c1-16-5-7-18(8-6-16)22-14-25(23(27)30-3,24(28)31-4)19(15-32-22)13-21(26)17-9-11-20(29-2)12-10-17/h5-12,19,22H,13-15H2,1-4H3/t19-,22+/m0/s1. The van der Waals surface area contributed by atoms with Crippen molar-refractivity contribution in [2.24, 2.45) is 11.3 Å². The van der Waals surface area contributed by atoms with Gasteiger partial charge < -0.3 is 18.9 Å². The molecule has 2 atom stereocenters. The number of ether oxygens (including phenoxy) is 4. The maximum atomic E-state index is 13.0. The molecule has 7 heteroatoms. The molecular formula is C25H28O7. The Balaban J connectivity index is 1.94. The van der Waals surface area contributed by atoms with Gasteiger partial charge in [0.25, 0.3) is 0 Å². The second-order valence-corrected chi connectivity index (χ2v) is 7.94. The molecule has 3 rings (SSSR count). The highest BCUT2D eigenvalue weighted by Gasteiger charge is 2.58. The predicted octanol–water partition coefficient (Wildman–Crippen LogP) is 3.69. The van der Waals surface area contributed by atoms with Gasteiger partial charge in [0.1, 0.15) is 5.75 Å². The van der Waals surface area contributed by atoms with Crippen LogP contribution in [0.15, 0.2) is 48.5 Å². The fraction of sp³-hybridized carbons (Fsp3) is 0.400. The molecule has 170 valence electrons. The van der Waals surface area contributed by atoms with Crippen molar-refractivity contribution < 1.29 is 33.3 Å². The molecule has 0 radical (unpaired) electrons. The summed E-state index contributed by atoms with van der Waals surface area (Å²) in [7, 11) is 4.00. The maximum absolute atomic E-state index is 13.0. The fourth-order valence-electron chi connectivity index (χ4n) is 4.19. The Morgan fingerprint density at radius 1 is 0.938 bits per heavy atom. The second-order valence-electron chi connectivity index (χ2n) is 7.94. The highest BCUT2D eigenvalue weighted by Crippen LogP contribution is 2.47. The average Bonchev–Trinajstić information content (AvgIpc) is 2.83. The predicted molar refractivity (Wildman–Crippen MR) is 116 cm³/mol. The van der Waals surface area contributed by atoms with Gasteiger partial charge in [-0.2, -0.15) is 0 Å². The van der Waals surface area contributed by atoms with E-state index in [0.29, 0.717) is 11.3 Å². The quantitative estimate of drug-likeness (QED) is 0.369. The molecule has 1 heterocycles. The number of aryl methyl sites for hydroxylation is 1. The SMILES string of the molecule is COC(=O)C1(C(=O)OC)C[C@H](c2ccc(C)cc2)OC[C@@H]1CC(=O)c1ccc(OC)cc1. The van der Waals surface area contributed by atoms with E-state index in [9.17, 15) is 14.4 Å². The van der Waals surface area contributed by atoms with E-state index in [1.165, 1.54) is 14.2 Å². The van der Waals surface area contributed by atoms with Crippen molar-refractivity contribution in [1.82, 2.24) is 0 Å². The van der Waals surface area contributed by atoms with Crippen molar-refractivity contribution in [2.45, 2.75) is 25.9 Å². The molecule has 1 aliphatic heterocycles. The molecular weight excluding hydrogens is 412 g/mol. The summed E-state index contributed by atoms with van der Waals surface area (Å²) in [5, 5.41) is 0. The lowest BCUT2D eigenvalue weighted by atomic mass is 9.67. The molecule has 0 aliphatic carbocycles. The average molecular weight is 440 g/mol. The topological polar surface area (TPSA) is 88.1 Å². The fourth-order valence-corrected chi connectivity index (χ4v) is 4.19. The van der Waals surface area contributed by atoms with Crippen LogP contribution in [0.3, 0.4) is 0 Å². The molecule has 0 unspecified atom stereocenters. The van der Waals surface area contributed by atoms with Gasteiger partial charge in [0.15, 0.2) is 11.2 Å². The Morgan fingerprint density at radius 3 is 2.06 bits per heavy atom. The van der Waals surface area contributed by atoms with Crippen molar-refractivity contribution in [3.8, 4) is 5.75 Å². The Hall–Kier alpha value is -3.19. The van der Waals surface area contributed by atoms with Crippen LogP contribution in [0, 0.1) is 18.3 Å². The van der Waals surface area contributed by atoms with Crippen molar-refractivity contribution in [3.63, 3.8) is 0 Å². The smallest absolute Gasteiger partial charge is 0.323 e. The summed E-state index contributed by atoms with van der Waals surface area (Å²) < 4.78 is 21.3. The van der Waals surface area contributed by atoms with Gasteiger partial charge >= 0.3 is 11.9 Å². The van der Waals surface area contributed by atoms with Crippen molar-refractivity contribution in [1.29, 1.82) is 0 Å². The lowest BCUT2D eigenvalue weighted by Gasteiger charge is -2.42. The number of ketones is 1. The van der Waals surface area contributed by atoms with Crippen LogP contribution in [0.1, 0.15) is 40.4 Å². The van der Waals surface area contributed by atoms with E-state index in [1.807, 2.05) is 31.2 Å². The largest absolute Gasteiger partial charge is 0.497 e. The number of carbonyl (C=O) groups is 3. The molecule has 2 aromatic carbocycles. The van der Waals surface area contributed by atoms with Crippen LogP contribution in [0.5, 0.6) is 5.75 Å². The van der Waals surface area contributed by atoms with Gasteiger partial charge in [-0.15, -0.1) is 0 Å². The summed E-state index contributed by atoms with van der Waals surface area (Å²) in [5.74, 6) is -1.78. The number of carbonyl (C=O) groups excluding carboxylic acids is 3. The molecule has 0 aromatic heterocycles. The van der Waals surface area contributed by atoms with Crippen LogP contribution >= 0.6 is 0 Å². The summed E-state index contributed by atoms with van der Waals surface area (Å²) in [4.78, 5) is 39.1. The van der Waals surface area contributed by atoms with Gasteiger partial charge in [-0.25, -0.2) is 0 Å². The Morgan fingerprint density at radius 2 is 1.53 bits per heavy atom. The number of benzene rings is 2. The lowest BCUT2D eigenvalue weighted by Crippen LogP contribution is -2.53. The van der Waals surface area contributed by atoms with E-state index in [2.05, 4.69) is 0 Å². The number of rotatable bonds is 7. The first-order valence-corrected chi connectivity index (χ1v) is 10.4. The second kappa shape index (κ2) is 9.96. The van der Waals surface area contributed by atoms with Crippen LogP contribution in [0.2, 0.25) is 0 Å². The maximum Gasteiger partial charge on any atom is 0.323 e. The zero-order valence-electron chi connectivity index (χ0n) is 18.8. The Kier molecular flexibility index (Phi) is 7.30. The van der Waals surface area contributed by atoms with E-state index in [-0.39, 0.29) is 25.2 Å². The van der Waals surface area contributed by atoms with Gasteiger partial charge in [0.05, 0.1) is 34.0 Å².